The van der Waals surface area contributed by atoms with Crippen LogP contribution in [0.25, 0.3) is 0 Å². The van der Waals surface area contributed by atoms with Gasteiger partial charge in [0, 0.05) is 17.3 Å². The van der Waals surface area contributed by atoms with E-state index in [2.05, 4.69) is 31.2 Å². The molecule has 1 saturated heterocycles. The van der Waals surface area contributed by atoms with E-state index in [9.17, 15) is 0 Å². The second kappa shape index (κ2) is 5.61. The van der Waals surface area contributed by atoms with Gasteiger partial charge in [-0.2, -0.15) is 0 Å². The summed E-state index contributed by atoms with van der Waals surface area (Å²) in [5.74, 6) is 1.21. The molecule has 4 heteroatoms. The van der Waals surface area contributed by atoms with Gasteiger partial charge < -0.3 is 10.2 Å². The zero-order valence-corrected chi connectivity index (χ0v) is 12.1. The van der Waals surface area contributed by atoms with Crippen molar-refractivity contribution in [3.63, 3.8) is 0 Å². The van der Waals surface area contributed by atoms with Crippen LogP contribution in [0.2, 0.25) is 0 Å². The first-order valence-corrected chi connectivity index (χ1v) is 7.72. The Kier molecular flexibility index (Phi) is 4.36. The van der Waals surface area contributed by atoms with E-state index < -0.39 is 0 Å². The fourth-order valence-corrected chi connectivity index (χ4v) is 3.85. The molecule has 1 atom stereocenters. The van der Waals surface area contributed by atoms with Gasteiger partial charge in [-0.3, -0.25) is 4.99 Å². The van der Waals surface area contributed by atoms with E-state index in [1.165, 1.54) is 37.9 Å². The number of nitrogens with zero attached hydrogens (tertiary/aromatic N) is 2. The number of thioether (sulfide) groups is 1. The van der Waals surface area contributed by atoms with Gasteiger partial charge in [0.25, 0.3) is 0 Å². The van der Waals surface area contributed by atoms with Gasteiger partial charge in [-0.15, -0.1) is 0 Å². The Morgan fingerprint density at radius 2 is 2.12 bits per heavy atom. The molecule has 0 amide bonds. The summed E-state index contributed by atoms with van der Waals surface area (Å²) in [6.45, 7) is 3.20. The van der Waals surface area contributed by atoms with Crippen molar-refractivity contribution in [1.82, 2.24) is 10.2 Å². The Labute approximate surface area is 109 Å². The van der Waals surface area contributed by atoms with E-state index in [1.807, 2.05) is 11.8 Å². The molecule has 0 aromatic rings. The van der Waals surface area contributed by atoms with Gasteiger partial charge in [0.1, 0.15) is 0 Å². The van der Waals surface area contributed by atoms with E-state index >= 15 is 0 Å². The van der Waals surface area contributed by atoms with Gasteiger partial charge in [-0.25, -0.2) is 0 Å². The Morgan fingerprint density at radius 3 is 2.71 bits per heavy atom. The lowest BCUT2D eigenvalue weighted by atomic mass is 9.96. The SMILES string of the molecule is CC1CCSC(=NCC2(N(C)C)CCCC2)N1. The molecular weight excluding hydrogens is 230 g/mol. The van der Waals surface area contributed by atoms with Crippen LogP contribution in [0.3, 0.4) is 0 Å². The van der Waals surface area contributed by atoms with Gasteiger partial charge in [-0.05, 0) is 40.3 Å². The molecule has 17 heavy (non-hydrogen) atoms. The maximum atomic E-state index is 4.84. The van der Waals surface area contributed by atoms with Crippen LogP contribution < -0.4 is 5.32 Å². The maximum Gasteiger partial charge on any atom is 0.156 e. The average molecular weight is 255 g/mol. The van der Waals surface area contributed by atoms with Crippen molar-refractivity contribution in [2.75, 3.05) is 26.4 Å². The fraction of sp³-hybridized carbons (Fsp3) is 0.923. The van der Waals surface area contributed by atoms with Crippen LogP contribution in [-0.4, -0.2) is 48.0 Å². The van der Waals surface area contributed by atoms with E-state index in [0.717, 1.165) is 11.7 Å². The summed E-state index contributed by atoms with van der Waals surface area (Å²) in [6.07, 6.45) is 6.58. The molecule has 0 bridgehead atoms. The first-order chi connectivity index (χ1) is 8.12. The summed E-state index contributed by atoms with van der Waals surface area (Å²) in [5.41, 5.74) is 0.329. The van der Waals surface area contributed by atoms with Gasteiger partial charge in [-0.1, -0.05) is 24.6 Å². The molecule has 0 aromatic heterocycles. The summed E-state index contributed by atoms with van der Waals surface area (Å²) in [4.78, 5) is 7.23. The van der Waals surface area contributed by atoms with E-state index in [4.69, 9.17) is 4.99 Å². The highest BCUT2D eigenvalue weighted by Gasteiger charge is 2.35. The molecule has 0 spiro atoms. The number of rotatable bonds is 3. The second-order valence-corrected chi connectivity index (χ2v) is 6.71. The summed E-state index contributed by atoms with van der Waals surface area (Å²) in [7, 11) is 4.41. The molecule has 1 unspecified atom stereocenters. The number of amidine groups is 1. The third-order valence-corrected chi connectivity index (χ3v) is 5.12. The highest BCUT2D eigenvalue weighted by Crippen LogP contribution is 2.34. The first kappa shape index (κ1) is 13.2. The van der Waals surface area contributed by atoms with Gasteiger partial charge in [0.2, 0.25) is 0 Å². The number of hydrogen-bond donors (Lipinski definition) is 1. The quantitative estimate of drug-likeness (QED) is 0.839. The molecule has 2 fully saturated rings. The van der Waals surface area contributed by atoms with Crippen molar-refractivity contribution in [3.8, 4) is 0 Å². The molecule has 2 aliphatic rings. The zero-order valence-electron chi connectivity index (χ0n) is 11.3. The molecule has 0 aromatic carbocycles. The number of likely N-dealkylation sites (N-methyl/N-ethyl adjacent to an activating group) is 1. The lowest BCUT2D eigenvalue weighted by Crippen LogP contribution is -2.45. The molecule has 1 saturated carbocycles. The van der Waals surface area contributed by atoms with Crippen molar-refractivity contribution in [3.05, 3.63) is 0 Å². The fourth-order valence-electron chi connectivity index (χ4n) is 2.75. The van der Waals surface area contributed by atoms with Crippen LogP contribution in [-0.2, 0) is 0 Å². The summed E-state index contributed by atoms with van der Waals surface area (Å²) < 4.78 is 0. The number of aliphatic imine (C=N–C) groups is 1. The Bertz CT molecular complexity index is 282. The number of nitrogens with one attached hydrogen (secondary N) is 1. The number of hydrogen-bond acceptors (Lipinski definition) is 3. The zero-order chi connectivity index (χ0) is 12.3. The first-order valence-electron chi connectivity index (χ1n) is 6.74. The van der Waals surface area contributed by atoms with Crippen LogP contribution in [0.15, 0.2) is 4.99 Å². The molecule has 2 rings (SSSR count). The molecule has 3 nitrogen and oxygen atoms in total. The van der Waals surface area contributed by atoms with Crippen LogP contribution in [0, 0.1) is 0 Å². The van der Waals surface area contributed by atoms with Gasteiger partial charge >= 0.3 is 0 Å². The van der Waals surface area contributed by atoms with Crippen LogP contribution >= 0.6 is 11.8 Å². The maximum absolute atomic E-state index is 4.84. The predicted octanol–water partition coefficient (Wildman–Crippen LogP) is 2.33. The van der Waals surface area contributed by atoms with E-state index in [1.54, 1.807) is 0 Å². The average Bonchev–Trinajstić information content (AvgIpc) is 2.76. The van der Waals surface area contributed by atoms with Crippen LogP contribution in [0.1, 0.15) is 39.0 Å². The normalized spacial score (nSPS) is 30.8. The molecule has 1 aliphatic carbocycles. The van der Waals surface area contributed by atoms with Crippen molar-refractivity contribution in [2.45, 2.75) is 50.6 Å². The molecule has 1 heterocycles. The Balaban J connectivity index is 1.97. The molecule has 98 valence electrons. The highest BCUT2D eigenvalue weighted by atomic mass is 32.2. The molecule has 1 aliphatic heterocycles. The predicted molar refractivity (Wildman–Crippen MR) is 76.9 cm³/mol. The summed E-state index contributed by atoms with van der Waals surface area (Å²) in [6, 6.07) is 0.592. The molecule has 0 radical (unpaired) electrons. The lowest BCUT2D eigenvalue weighted by Gasteiger charge is -2.35. The summed E-state index contributed by atoms with van der Waals surface area (Å²) >= 11 is 1.88. The van der Waals surface area contributed by atoms with Gasteiger partial charge in [0.15, 0.2) is 5.17 Å². The minimum absolute atomic E-state index is 0.329. The van der Waals surface area contributed by atoms with Crippen molar-refractivity contribution >= 4 is 16.9 Å². The Hall–Kier alpha value is -0.220. The smallest absolute Gasteiger partial charge is 0.156 e. The minimum atomic E-state index is 0.329. The van der Waals surface area contributed by atoms with Gasteiger partial charge in [0.05, 0.1) is 6.54 Å². The van der Waals surface area contributed by atoms with Crippen molar-refractivity contribution < 1.29 is 0 Å². The minimum Gasteiger partial charge on any atom is -0.362 e. The molecular formula is C13H25N3S. The third-order valence-electron chi connectivity index (χ3n) is 4.16. The van der Waals surface area contributed by atoms with E-state index in [0.29, 0.717) is 11.6 Å². The molecule has 1 N–H and O–H groups in total. The largest absolute Gasteiger partial charge is 0.362 e. The van der Waals surface area contributed by atoms with Crippen molar-refractivity contribution in [2.24, 2.45) is 4.99 Å². The second-order valence-electron chi connectivity index (χ2n) is 5.63. The third kappa shape index (κ3) is 3.16. The van der Waals surface area contributed by atoms with E-state index in [-0.39, 0.29) is 0 Å². The van der Waals surface area contributed by atoms with Crippen LogP contribution in [0.4, 0.5) is 0 Å². The highest BCUT2D eigenvalue weighted by molar-refractivity contribution is 8.13. The summed E-state index contributed by atoms with van der Waals surface area (Å²) in [5, 5.41) is 4.65. The van der Waals surface area contributed by atoms with Crippen LogP contribution in [0.5, 0.6) is 0 Å². The topological polar surface area (TPSA) is 27.6 Å². The standard InChI is InChI=1S/C13H25N3S/c1-11-6-9-17-12(15-11)14-10-13(16(2)3)7-4-5-8-13/h11H,4-10H2,1-3H3,(H,14,15). The Morgan fingerprint density at radius 1 is 1.41 bits per heavy atom. The van der Waals surface area contributed by atoms with Crippen molar-refractivity contribution in [1.29, 1.82) is 0 Å². The monoisotopic (exact) mass is 255 g/mol. The lowest BCUT2D eigenvalue weighted by molar-refractivity contribution is 0.167.